The number of methoxy groups -OCH3 is 1. The number of aromatic nitrogens is 2. The molecule has 0 aliphatic rings. The van der Waals surface area contributed by atoms with E-state index in [0.717, 1.165) is 29.6 Å². The third-order valence-corrected chi connectivity index (χ3v) is 3.48. The number of hydrogen-bond donors (Lipinski definition) is 0. The van der Waals surface area contributed by atoms with E-state index in [-0.39, 0.29) is 0 Å². The van der Waals surface area contributed by atoms with E-state index in [2.05, 4.69) is 44.5 Å². The van der Waals surface area contributed by atoms with Crippen LogP contribution in [0.15, 0.2) is 22.9 Å². The van der Waals surface area contributed by atoms with Crippen LogP contribution in [0.5, 0.6) is 0 Å². The molecule has 2 rings (SSSR count). The summed E-state index contributed by atoms with van der Waals surface area (Å²) >= 11 is 3.54. The van der Waals surface area contributed by atoms with Crippen LogP contribution in [0.3, 0.4) is 0 Å². The Kier molecular flexibility index (Phi) is 3.61. The predicted octanol–water partition coefficient (Wildman–Crippen LogP) is 2.98. The molecule has 0 aliphatic carbocycles. The minimum absolute atomic E-state index is 0.792. The third kappa shape index (κ3) is 2.28. The van der Waals surface area contributed by atoms with Crippen molar-refractivity contribution in [1.82, 2.24) is 9.38 Å². The van der Waals surface area contributed by atoms with Crippen molar-refractivity contribution >= 4 is 21.6 Å². The second-order valence-electron chi connectivity index (χ2n) is 3.88. The second kappa shape index (κ2) is 4.97. The van der Waals surface area contributed by atoms with Crippen LogP contribution in [-0.2, 0) is 11.2 Å². The molecule has 0 aromatic carbocycles. The minimum Gasteiger partial charge on any atom is -0.385 e. The van der Waals surface area contributed by atoms with Crippen molar-refractivity contribution in [3.63, 3.8) is 0 Å². The van der Waals surface area contributed by atoms with Crippen molar-refractivity contribution in [3.05, 3.63) is 34.2 Å². The van der Waals surface area contributed by atoms with E-state index in [9.17, 15) is 0 Å². The Morgan fingerprint density at radius 1 is 1.50 bits per heavy atom. The van der Waals surface area contributed by atoms with Crippen LogP contribution in [-0.4, -0.2) is 23.1 Å². The summed E-state index contributed by atoms with van der Waals surface area (Å²) in [5.74, 6) is 0. The van der Waals surface area contributed by atoms with E-state index in [1.165, 1.54) is 11.3 Å². The van der Waals surface area contributed by atoms with Crippen molar-refractivity contribution in [2.24, 2.45) is 0 Å². The van der Waals surface area contributed by atoms with Gasteiger partial charge in [-0.15, -0.1) is 0 Å². The first kappa shape index (κ1) is 11.6. The molecule has 0 aliphatic heterocycles. The van der Waals surface area contributed by atoms with Crippen LogP contribution < -0.4 is 0 Å². The number of aryl methyl sites for hydroxylation is 2. The average Bonchev–Trinajstić information content (AvgIpc) is 2.63. The van der Waals surface area contributed by atoms with Gasteiger partial charge in [0.25, 0.3) is 0 Å². The van der Waals surface area contributed by atoms with Gasteiger partial charge in [0.1, 0.15) is 5.65 Å². The number of ether oxygens (including phenoxy) is 1. The van der Waals surface area contributed by atoms with Gasteiger partial charge >= 0.3 is 0 Å². The Bertz CT molecular complexity index is 493. The molecule has 0 radical (unpaired) electrons. The molecule has 2 aromatic heterocycles. The summed E-state index contributed by atoms with van der Waals surface area (Å²) in [6.07, 6.45) is 6.04. The highest BCUT2D eigenvalue weighted by atomic mass is 79.9. The van der Waals surface area contributed by atoms with Gasteiger partial charge in [-0.25, -0.2) is 4.98 Å². The molecule has 16 heavy (non-hydrogen) atoms. The maximum absolute atomic E-state index is 5.06. The molecule has 3 nitrogen and oxygen atoms in total. The van der Waals surface area contributed by atoms with Gasteiger partial charge in [-0.2, -0.15) is 0 Å². The molecule has 86 valence electrons. The van der Waals surface area contributed by atoms with E-state index in [1.807, 2.05) is 6.20 Å². The molecular formula is C12H15BrN2O. The third-order valence-electron chi connectivity index (χ3n) is 2.65. The first-order chi connectivity index (χ1) is 7.72. The molecule has 0 amide bonds. The molecular weight excluding hydrogens is 268 g/mol. The highest BCUT2D eigenvalue weighted by Crippen LogP contribution is 2.19. The van der Waals surface area contributed by atoms with Gasteiger partial charge in [0.05, 0.1) is 0 Å². The molecule has 4 heteroatoms. The fraction of sp³-hybridized carbons (Fsp3) is 0.417. The maximum atomic E-state index is 5.06. The number of nitrogens with zero attached hydrogens (tertiary/aromatic N) is 2. The van der Waals surface area contributed by atoms with Crippen LogP contribution in [0, 0.1) is 6.92 Å². The smallest absolute Gasteiger partial charge is 0.137 e. The minimum atomic E-state index is 0.792. The first-order valence-electron chi connectivity index (χ1n) is 5.33. The summed E-state index contributed by atoms with van der Waals surface area (Å²) in [5, 5.41) is 0. The zero-order valence-corrected chi connectivity index (χ0v) is 11.1. The van der Waals surface area contributed by atoms with E-state index >= 15 is 0 Å². The Morgan fingerprint density at radius 2 is 2.31 bits per heavy atom. The van der Waals surface area contributed by atoms with E-state index in [4.69, 9.17) is 4.74 Å². The van der Waals surface area contributed by atoms with Gasteiger partial charge in [-0.05, 0) is 47.3 Å². The van der Waals surface area contributed by atoms with Crippen molar-refractivity contribution in [2.75, 3.05) is 13.7 Å². The quantitative estimate of drug-likeness (QED) is 0.806. The van der Waals surface area contributed by atoms with Gasteiger partial charge in [-0.3, -0.25) is 0 Å². The lowest BCUT2D eigenvalue weighted by molar-refractivity contribution is 0.195. The average molecular weight is 283 g/mol. The van der Waals surface area contributed by atoms with Crippen LogP contribution in [0.4, 0.5) is 0 Å². The van der Waals surface area contributed by atoms with Gasteiger partial charge in [-0.1, -0.05) is 0 Å². The molecule has 0 atom stereocenters. The second-order valence-corrected chi connectivity index (χ2v) is 4.73. The molecule has 0 N–H and O–H groups in total. The lowest BCUT2D eigenvalue weighted by Crippen LogP contribution is -1.97. The lowest BCUT2D eigenvalue weighted by Gasteiger charge is -2.04. The van der Waals surface area contributed by atoms with E-state index < -0.39 is 0 Å². The maximum Gasteiger partial charge on any atom is 0.137 e. The lowest BCUT2D eigenvalue weighted by atomic mass is 10.2. The van der Waals surface area contributed by atoms with Crippen molar-refractivity contribution < 1.29 is 4.74 Å². The summed E-state index contributed by atoms with van der Waals surface area (Å²) < 4.78 is 8.30. The molecule has 0 bridgehead atoms. The molecule has 0 fully saturated rings. The SMILES string of the molecule is COCCCc1cnc2cc(C)c(Br)cn12. The fourth-order valence-corrected chi connectivity index (χ4v) is 2.05. The monoisotopic (exact) mass is 282 g/mol. The predicted molar refractivity (Wildman–Crippen MR) is 67.8 cm³/mol. The summed E-state index contributed by atoms with van der Waals surface area (Å²) in [6, 6.07) is 2.09. The van der Waals surface area contributed by atoms with Crippen molar-refractivity contribution in [1.29, 1.82) is 0 Å². The molecule has 2 heterocycles. The number of imidazole rings is 1. The normalized spacial score (nSPS) is 11.2. The fourth-order valence-electron chi connectivity index (χ4n) is 1.73. The Hall–Kier alpha value is -0.870. The van der Waals surface area contributed by atoms with Crippen LogP contribution in [0.2, 0.25) is 0 Å². The largest absolute Gasteiger partial charge is 0.385 e. The Balaban J connectivity index is 2.29. The van der Waals surface area contributed by atoms with Gasteiger partial charge in [0, 0.05) is 36.3 Å². The molecule has 0 unspecified atom stereocenters. The summed E-state index contributed by atoms with van der Waals surface area (Å²) in [5.41, 5.74) is 3.45. The topological polar surface area (TPSA) is 26.5 Å². The summed E-state index contributed by atoms with van der Waals surface area (Å²) in [6.45, 7) is 2.86. The molecule has 0 saturated heterocycles. The Labute approximate surface area is 104 Å². The van der Waals surface area contributed by atoms with Crippen LogP contribution in [0.25, 0.3) is 5.65 Å². The number of pyridine rings is 1. The number of hydrogen-bond acceptors (Lipinski definition) is 2. The standard InChI is InChI=1S/C12H15BrN2O/c1-9-6-12-14-7-10(4-3-5-16-2)15(12)8-11(9)13/h6-8H,3-5H2,1-2H3. The zero-order valence-electron chi connectivity index (χ0n) is 9.53. The first-order valence-corrected chi connectivity index (χ1v) is 6.12. The van der Waals surface area contributed by atoms with E-state index in [0.29, 0.717) is 0 Å². The van der Waals surface area contributed by atoms with Crippen LogP contribution >= 0.6 is 15.9 Å². The highest BCUT2D eigenvalue weighted by molar-refractivity contribution is 9.10. The molecule has 0 saturated carbocycles. The summed E-state index contributed by atoms with van der Waals surface area (Å²) in [4.78, 5) is 4.40. The van der Waals surface area contributed by atoms with E-state index in [1.54, 1.807) is 7.11 Å². The zero-order chi connectivity index (χ0) is 11.5. The highest BCUT2D eigenvalue weighted by Gasteiger charge is 2.05. The van der Waals surface area contributed by atoms with Gasteiger partial charge in [0.2, 0.25) is 0 Å². The summed E-state index contributed by atoms with van der Waals surface area (Å²) in [7, 11) is 1.73. The Morgan fingerprint density at radius 3 is 3.06 bits per heavy atom. The number of rotatable bonds is 4. The number of fused-ring (bicyclic) bond motifs is 1. The van der Waals surface area contributed by atoms with Crippen molar-refractivity contribution in [3.8, 4) is 0 Å². The van der Waals surface area contributed by atoms with Gasteiger partial charge in [0.15, 0.2) is 0 Å². The molecule has 0 spiro atoms. The molecule has 2 aromatic rings. The van der Waals surface area contributed by atoms with Crippen LogP contribution in [0.1, 0.15) is 17.7 Å². The van der Waals surface area contributed by atoms with Crippen molar-refractivity contribution in [2.45, 2.75) is 19.8 Å². The van der Waals surface area contributed by atoms with Gasteiger partial charge < -0.3 is 9.14 Å². The number of halogens is 1.